The Morgan fingerprint density at radius 1 is 0.882 bits per heavy atom. The Bertz CT molecular complexity index is 260. The molecule has 0 N–H and O–H groups in total. The maximum Gasteiger partial charge on any atom is 0.0204 e. The Kier molecular flexibility index (Phi) is 4.46. The van der Waals surface area contributed by atoms with Crippen LogP contribution in [0.4, 0.5) is 0 Å². The van der Waals surface area contributed by atoms with Crippen molar-refractivity contribution in [1.82, 2.24) is 4.90 Å². The first-order valence-electron chi connectivity index (χ1n) is 7.11. The fraction of sp³-hybridized carbons (Fsp3) is 0.875. The third kappa shape index (κ3) is 3.84. The molecule has 100 valence electrons. The molecule has 0 aromatic carbocycles. The summed E-state index contributed by atoms with van der Waals surface area (Å²) in [4.78, 5) is 2.63. The molecule has 0 aromatic rings. The highest BCUT2D eigenvalue weighted by molar-refractivity contribution is 5.31. The molecular formula is C16H31N. The van der Waals surface area contributed by atoms with Gasteiger partial charge in [0.1, 0.15) is 0 Å². The minimum Gasteiger partial charge on any atom is -0.295 e. The van der Waals surface area contributed by atoms with Crippen molar-refractivity contribution in [3.8, 4) is 0 Å². The van der Waals surface area contributed by atoms with Gasteiger partial charge >= 0.3 is 0 Å². The number of hydrogen-bond acceptors (Lipinski definition) is 1. The zero-order chi connectivity index (χ0) is 13.3. The van der Waals surface area contributed by atoms with Crippen LogP contribution in [0.15, 0.2) is 11.1 Å². The molecule has 0 aliphatic carbocycles. The van der Waals surface area contributed by atoms with Crippen LogP contribution in [0.2, 0.25) is 0 Å². The monoisotopic (exact) mass is 237 g/mol. The van der Waals surface area contributed by atoms with Gasteiger partial charge < -0.3 is 0 Å². The van der Waals surface area contributed by atoms with Gasteiger partial charge in [-0.25, -0.2) is 0 Å². The van der Waals surface area contributed by atoms with E-state index in [1.807, 2.05) is 0 Å². The fourth-order valence-electron chi connectivity index (χ4n) is 2.61. The lowest BCUT2D eigenvalue weighted by Gasteiger charge is -2.28. The maximum absolute atomic E-state index is 2.63. The Hall–Kier alpha value is -0.300. The van der Waals surface area contributed by atoms with Crippen LogP contribution in [0, 0.1) is 10.8 Å². The second-order valence-corrected chi connectivity index (χ2v) is 7.52. The van der Waals surface area contributed by atoms with Crippen molar-refractivity contribution in [2.24, 2.45) is 10.8 Å². The molecule has 1 aliphatic heterocycles. The summed E-state index contributed by atoms with van der Waals surface area (Å²) in [5.41, 5.74) is 4.01. The van der Waals surface area contributed by atoms with Crippen LogP contribution in [0.5, 0.6) is 0 Å². The van der Waals surface area contributed by atoms with E-state index in [1.165, 1.54) is 32.5 Å². The highest BCUT2D eigenvalue weighted by Gasteiger charge is 2.34. The number of nitrogens with zero attached hydrogens (tertiary/aromatic N) is 1. The largest absolute Gasteiger partial charge is 0.295 e. The topological polar surface area (TPSA) is 3.24 Å². The summed E-state index contributed by atoms with van der Waals surface area (Å²) < 4.78 is 0. The molecule has 0 saturated carbocycles. The van der Waals surface area contributed by atoms with Crippen molar-refractivity contribution in [2.45, 2.75) is 61.3 Å². The van der Waals surface area contributed by atoms with Gasteiger partial charge in [-0.15, -0.1) is 0 Å². The second-order valence-electron chi connectivity index (χ2n) is 7.52. The summed E-state index contributed by atoms with van der Waals surface area (Å²) in [6, 6.07) is 0. The summed E-state index contributed by atoms with van der Waals surface area (Å²) in [6.07, 6.45) is 2.63. The second kappa shape index (κ2) is 5.14. The molecule has 0 aromatic heterocycles. The van der Waals surface area contributed by atoms with Crippen LogP contribution in [0.3, 0.4) is 0 Å². The predicted octanol–water partition coefficient (Wildman–Crippen LogP) is 4.49. The first-order valence-corrected chi connectivity index (χ1v) is 7.11. The molecule has 1 heterocycles. The third-order valence-corrected chi connectivity index (χ3v) is 3.77. The van der Waals surface area contributed by atoms with E-state index in [2.05, 4.69) is 53.4 Å². The SMILES string of the molecule is CCCCN1CC(C(C)(C)C)=C(C(C)(C)C)C1. The molecule has 0 atom stereocenters. The van der Waals surface area contributed by atoms with Gasteiger partial charge in [-0.05, 0) is 34.9 Å². The zero-order valence-corrected chi connectivity index (χ0v) is 13.0. The molecule has 0 saturated heterocycles. The highest BCUT2D eigenvalue weighted by atomic mass is 15.1. The van der Waals surface area contributed by atoms with Crippen molar-refractivity contribution < 1.29 is 0 Å². The molecule has 0 amide bonds. The van der Waals surface area contributed by atoms with E-state index in [9.17, 15) is 0 Å². The van der Waals surface area contributed by atoms with Crippen LogP contribution < -0.4 is 0 Å². The molecule has 1 heteroatoms. The van der Waals surface area contributed by atoms with Crippen LogP contribution in [0.25, 0.3) is 0 Å². The fourth-order valence-corrected chi connectivity index (χ4v) is 2.61. The van der Waals surface area contributed by atoms with Gasteiger partial charge in [-0.1, -0.05) is 54.9 Å². The Balaban J connectivity index is 2.86. The van der Waals surface area contributed by atoms with Crippen LogP contribution >= 0.6 is 0 Å². The average Bonchev–Trinajstić information content (AvgIpc) is 2.57. The van der Waals surface area contributed by atoms with Gasteiger partial charge in [0.25, 0.3) is 0 Å². The van der Waals surface area contributed by atoms with Gasteiger partial charge in [0, 0.05) is 13.1 Å². The van der Waals surface area contributed by atoms with E-state index in [0.29, 0.717) is 10.8 Å². The quantitative estimate of drug-likeness (QED) is 0.654. The summed E-state index contributed by atoms with van der Waals surface area (Å²) in [5.74, 6) is 0. The summed E-state index contributed by atoms with van der Waals surface area (Å²) in [7, 11) is 0. The molecular weight excluding hydrogens is 206 g/mol. The van der Waals surface area contributed by atoms with Crippen molar-refractivity contribution in [3.63, 3.8) is 0 Å². The lowest BCUT2D eigenvalue weighted by atomic mass is 9.76. The van der Waals surface area contributed by atoms with Crippen LogP contribution in [0.1, 0.15) is 61.3 Å². The lowest BCUT2D eigenvalue weighted by Crippen LogP contribution is -2.25. The average molecular weight is 237 g/mol. The number of hydrogen-bond donors (Lipinski definition) is 0. The van der Waals surface area contributed by atoms with Crippen LogP contribution in [-0.2, 0) is 0 Å². The Morgan fingerprint density at radius 3 is 1.59 bits per heavy atom. The van der Waals surface area contributed by atoms with Gasteiger partial charge in [0.2, 0.25) is 0 Å². The molecule has 1 aliphatic rings. The van der Waals surface area contributed by atoms with E-state index in [0.717, 1.165) is 0 Å². The molecule has 0 spiro atoms. The van der Waals surface area contributed by atoms with E-state index in [4.69, 9.17) is 0 Å². The third-order valence-electron chi connectivity index (χ3n) is 3.77. The zero-order valence-electron chi connectivity index (χ0n) is 13.0. The smallest absolute Gasteiger partial charge is 0.0204 e. The minimum atomic E-state index is 0.323. The van der Waals surface area contributed by atoms with E-state index in [-0.39, 0.29) is 0 Å². The predicted molar refractivity (Wildman–Crippen MR) is 77.3 cm³/mol. The van der Waals surface area contributed by atoms with Crippen molar-refractivity contribution >= 4 is 0 Å². The Labute approximate surface area is 108 Å². The Morgan fingerprint density at radius 2 is 1.29 bits per heavy atom. The number of unbranched alkanes of at least 4 members (excludes halogenated alkanes) is 1. The first-order chi connectivity index (χ1) is 7.66. The standard InChI is InChI=1S/C16H31N/c1-8-9-10-17-11-13(15(2,3)4)14(12-17)16(5,6)7/h8-12H2,1-7H3. The van der Waals surface area contributed by atoms with Crippen molar-refractivity contribution in [2.75, 3.05) is 19.6 Å². The first kappa shape index (κ1) is 14.8. The van der Waals surface area contributed by atoms with Gasteiger partial charge in [0.05, 0.1) is 0 Å². The summed E-state index contributed by atoms with van der Waals surface area (Å²) in [6.45, 7) is 20.1. The maximum atomic E-state index is 2.63. The molecule has 0 radical (unpaired) electrons. The summed E-state index contributed by atoms with van der Waals surface area (Å²) >= 11 is 0. The molecule has 1 rings (SSSR count). The van der Waals surface area contributed by atoms with Crippen molar-refractivity contribution in [1.29, 1.82) is 0 Å². The number of rotatable bonds is 3. The van der Waals surface area contributed by atoms with Crippen LogP contribution in [-0.4, -0.2) is 24.5 Å². The molecule has 0 unspecified atom stereocenters. The molecule has 1 nitrogen and oxygen atoms in total. The van der Waals surface area contributed by atoms with E-state index < -0.39 is 0 Å². The molecule has 0 fully saturated rings. The van der Waals surface area contributed by atoms with Gasteiger partial charge in [0.15, 0.2) is 0 Å². The summed E-state index contributed by atoms with van der Waals surface area (Å²) in [5, 5.41) is 0. The molecule has 0 bridgehead atoms. The van der Waals surface area contributed by atoms with Crippen molar-refractivity contribution in [3.05, 3.63) is 11.1 Å². The minimum absolute atomic E-state index is 0.323. The lowest BCUT2D eigenvalue weighted by molar-refractivity contribution is 0.315. The van der Waals surface area contributed by atoms with Gasteiger partial charge in [-0.2, -0.15) is 0 Å². The highest BCUT2D eigenvalue weighted by Crippen LogP contribution is 2.40. The normalized spacial score (nSPS) is 19.2. The molecule has 17 heavy (non-hydrogen) atoms. The van der Waals surface area contributed by atoms with Gasteiger partial charge in [-0.3, -0.25) is 4.90 Å². The van der Waals surface area contributed by atoms with E-state index in [1.54, 1.807) is 11.1 Å². The van der Waals surface area contributed by atoms with E-state index >= 15 is 0 Å².